The van der Waals surface area contributed by atoms with Gasteiger partial charge in [-0.25, -0.2) is 0 Å². The van der Waals surface area contributed by atoms with E-state index < -0.39 is 35.4 Å². The molecule has 126 valence electrons. The van der Waals surface area contributed by atoms with Gasteiger partial charge in [-0.05, 0) is 33.1 Å². The van der Waals surface area contributed by atoms with Gasteiger partial charge >= 0.3 is 12.1 Å². The number of allylic oxidation sites excluding steroid dienone is 4. The first-order valence-corrected chi connectivity index (χ1v) is 7.07. The van der Waals surface area contributed by atoms with Crippen molar-refractivity contribution in [2.24, 2.45) is 11.8 Å². The molecule has 0 heterocycles. The maximum atomic E-state index is 12.7. The predicted octanol–water partition coefficient (Wildman–Crippen LogP) is 4.23. The number of halogens is 3. The quantitative estimate of drug-likeness (QED) is 0.418. The second kappa shape index (κ2) is 8.15. The van der Waals surface area contributed by atoms with E-state index in [9.17, 15) is 22.8 Å². The van der Waals surface area contributed by atoms with E-state index in [0.29, 0.717) is 0 Å². The molecule has 0 N–H and O–H groups in total. The summed E-state index contributed by atoms with van der Waals surface area (Å²) < 4.78 is 43.1. The van der Waals surface area contributed by atoms with E-state index >= 15 is 0 Å². The van der Waals surface area contributed by atoms with Crippen molar-refractivity contribution in [3.8, 4) is 0 Å². The Bertz CT molecular complexity index is 443. The molecule has 1 unspecified atom stereocenters. The first-order chi connectivity index (χ1) is 9.90. The van der Waals surface area contributed by atoms with Gasteiger partial charge in [0.25, 0.3) is 5.78 Å². The van der Waals surface area contributed by atoms with Crippen molar-refractivity contribution in [1.29, 1.82) is 0 Å². The van der Waals surface area contributed by atoms with Crippen molar-refractivity contribution in [3.63, 3.8) is 0 Å². The lowest BCUT2D eigenvalue weighted by atomic mass is 9.89. The van der Waals surface area contributed by atoms with Crippen LogP contribution in [0.15, 0.2) is 24.3 Å². The number of hydrogen-bond acceptors (Lipinski definition) is 3. The third-order valence-corrected chi connectivity index (χ3v) is 2.65. The van der Waals surface area contributed by atoms with Crippen molar-refractivity contribution < 1.29 is 27.5 Å². The fraction of sp³-hybridized carbons (Fsp3) is 0.625. The zero-order valence-electron chi connectivity index (χ0n) is 13.5. The van der Waals surface area contributed by atoms with Crippen LogP contribution in [0.3, 0.4) is 0 Å². The van der Waals surface area contributed by atoms with Crippen molar-refractivity contribution in [3.05, 3.63) is 24.3 Å². The smallest absolute Gasteiger partial charge is 0.450 e. The zero-order valence-corrected chi connectivity index (χ0v) is 13.5. The van der Waals surface area contributed by atoms with E-state index in [1.54, 1.807) is 12.2 Å². The second-order valence-electron chi connectivity index (χ2n) is 5.95. The van der Waals surface area contributed by atoms with Crippen LogP contribution in [-0.4, -0.2) is 23.5 Å². The maximum absolute atomic E-state index is 12.7. The van der Waals surface area contributed by atoms with Crippen molar-refractivity contribution >= 4 is 11.8 Å². The Balaban J connectivity index is 5.34. The second-order valence-corrected chi connectivity index (χ2v) is 5.95. The number of alkyl halides is 3. The lowest BCUT2D eigenvalue weighted by Crippen LogP contribution is -2.41. The topological polar surface area (TPSA) is 43.4 Å². The van der Waals surface area contributed by atoms with Crippen LogP contribution in [-0.2, 0) is 14.3 Å². The van der Waals surface area contributed by atoms with E-state index in [4.69, 9.17) is 4.74 Å². The SMILES string of the molecule is CC/C=C/C=C/C(C)[C@@H](C(=O)OC(C)(C)C)C(=O)C(F)(F)F. The molecule has 0 aromatic carbocycles. The minimum atomic E-state index is -5.08. The van der Waals surface area contributed by atoms with Gasteiger partial charge in [-0.1, -0.05) is 38.2 Å². The summed E-state index contributed by atoms with van der Waals surface area (Å²) in [5, 5.41) is 0. The minimum Gasteiger partial charge on any atom is -0.459 e. The lowest BCUT2D eigenvalue weighted by Gasteiger charge is -2.25. The number of ketones is 1. The molecule has 0 aliphatic rings. The van der Waals surface area contributed by atoms with Gasteiger partial charge in [0.15, 0.2) is 0 Å². The van der Waals surface area contributed by atoms with Crippen LogP contribution in [0.5, 0.6) is 0 Å². The van der Waals surface area contributed by atoms with E-state index in [1.807, 2.05) is 6.92 Å². The minimum absolute atomic E-state index is 0.774. The van der Waals surface area contributed by atoms with Crippen molar-refractivity contribution in [2.45, 2.75) is 52.8 Å². The summed E-state index contributed by atoms with van der Waals surface area (Å²) in [4.78, 5) is 23.5. The summed E-state index contributed by atoms with van der Waals surface area (Å²) in [6.07, 6.45) is 2.07. The molecule has 0 saturated heterocycles. The Morgan fingerprint density at radius 3 is 2.09 bits per heavy atom. The van der Waals surface area contributed by atoms with Crippen LogP contribution < -0.4 is 0 Å². The molecule has 0 aliphatic carbocycles. The number of carbonyl (C=O) groups is 2. The lowest BCUT2D eigenvalue weighted by molar-refractivity contribution is -0.185. The van der Waals surface area contributed by atoms with Crippen molar-refractivity contribution in [2.75, 3.05) is 0 Å². The molecule has 0 saturated carbocycles. The van der Waals surface area contributed by atoms with Crippen LogP contribution >= 0.6 is 0 Å². The molecule has 22 heavy (non-hydrogen) atoms. The normalized spacial score (nSPS) is 16.0. The summed E-state index contributed by atoms with van der Waals surface area (Å²) in [7, 11) is 0. The summed E-state index contributed by atoms with van der Waals surface area (Å²) in [5.41, 5.74) is -0.966. The first-order valence-electron chi connectivity index (χ1n) is 7.07. The fourth-order valence-electron chi connectivity index (χ4n) is 1.67. The number of carbonyl (C=O) groups excluding carboxylic acids is 2. The number of esters is 1. The molecule has 0 aromatic rings. The van der Waals surface area contributed by atoms with E-state index in [0.717, 1.165) is 6.42 Å². The molecule has 0 bridgehead atoms. The van der Waals surface area contributed by atoms with Gasteiger partial charge in [0.1, 0.15) is 11.5 Å². The highest BCUT2D eigenvalue weighted by Gasteiger charge is 2.49. The zero-order chi connectivity index (χ0) is 17.6. The molecule has 6 heteroatoms. The molecule has 0 rings (SSSR count). The summed E-state index contributed by atoms with van der Waals surface area (Å²) in [6, 6.07) is 0. The van der Waals surface area contributed by atoms with Gasteiger partial charge in [-0.3, -0.25) is 9.59 Å². The van der Waals surface area contributed by atoms with E-state index in [1.165, 1.54) is 39.8 Å². The summed E-state index contributed by atoms with van der Waals surface area (Å²) in [6.45, 7) is 7.89. The van der Waals surface area contributed by atoms with Gasteiger partial charge in [0, 0.05) is 0 Å². The fourth-order valence-corrected chi connectivity index (χ4v) is 1.67. The molecule has 2 atom stereocenters. The highest BCUT2D eigenvalue weighted by molar-refractivity contribution is 6.02. The van der Waals surface area contributed by atoms with Crippen LogP contribution in [0.25, 0.3) is 0 Å². The average molecular weight is 320 g/mol. The Kier molecular flexibility index (Phi) is 7.56. The van der Waals surface area contributed by atoms with Gasteiger partial charge < -0.3 is 4.74 Å². The van der Waals surface area contributed by atoms with Gasteiger partial charge in [-0.2, -0.15) is 13.2 Å². The Morgan fingerprint density at radius 2 is 1.68 bits per heavy atom. The average Bonchev–Trinajstić information content (AvgIpc) is 2.31. The molecule has 0 fully saturated rings. The number of rotatable bonds is 6. The molecule has 0 radical (unpaired) electrons. The van der Waals surface area contributed by atoms with E-state index in [2.05, 4.69) is 0 Å². The van der Waals surface area contributed by atoms with Crippen LogP contribution in [0, 0.1) is 11.8 Å². The van der Waals surface area contributed by atoms with Crippen LogP contribution in [0.1, 0.15) is 41.0 Å². The summed E-state index contributed by atoms with van der Waals surface area (Å²) in [5.74, 6) is -6.07. The third kappa shape index (κ3) is 7.43. The summed E-state index contributed by atoms with van der Waals surface area (Å²) >= 11 is 0. The van der Waals surface area contributed by atoms with E-state index in [-0.39, 0.29) is 0 Å². The number of ether oxygens (including phenoxy) is 1. The van der Waals surface area contributed by atoms with Gasteiger partial charge in [0.2, 0.25) is 0 Å². The number of hydrogen-bond donors (Lipinski definition) is 0. The standard InChI is InChI=1S/C16H23F3O3/c1-6-7-8-9-10-11(2)12(13(20)16(17,18)19)14(21)22-15(3,4)5/h7-12H,6H2,1-5H3/b8-7+,10-9+/t11?,12-/m1/s1. The highest BCUT2D eigenvalue weighted by atomic mass is 19.4. The molecular formula is C16H23F3O3. The van der Waals surface area contributed by atoms with Crippen LogP contribution in [0.4, 0.5) is 13.2 Å². The Hall–Kier alpha value is -1.59. The maximum Gasteiger partial charge on any atom is 0.450 e. The molecule has 3 nitrogen and oxygen atoms in total. The Labute approximate surface area is 129 Å². The van der Waals surface area contributed by atoms with Gasteiger partial charge in [-0.15, -0.1) is 0 Å². The van der Waals surface area contributed by atoms with Crippen molar-refractivity contribution in [1.82, 2.24) is 0 Å². The molecule has 0 aliphatic heterocycles. The monoisotopic (exact) mass is 320 g/mol. The predicted molar refractivity (Wildman–Crippen MR) is 78.1 cm³/mol. The third-order valence-electron chi connectivity index (χ3n) is 2.65. The Morgan fingerprint density at radius 1 is 1.14 bits per heavy atom. The van der Waals surface area contributed by atoms with Crippen LogP contribution in [0.2, 0.25) is 0 Å². The molecule has 0 spiro atoms. The number of Topliss-reactive ketones (excluding diaryl/α,β-unsaturated/α-hetero) is 1. The molecular weight excluding hydrogens is 297 g/mol. The highest BCUT2D eigenvalue weighted by Crippen LogP contribution is 2.28. The van der Waals surface area contributed by atoms with Gasteiger partial charge in [0.05, 0.1) is 0 Å². The molecule has 0 amide bonds. The first kappa shape index (κ1) is 20.4. The molecule has 0 aromatic heterocycles. The largest absolute Gasteiger partial charge is 0.459 e.